The van der Waals surface area contributed by atoms with E-state index in [1.807, 2.05) is 0 Å². The summed E-state index contributed by atoms with van der Waals surface area (Å²) in [5, 5.41) is 5.98. The molecule has 0 radical (unpaired) electrons. The van der Waals surface area contributed by atoms with Crippen molar-refractivity contribution in [2.24, 2.45) is 0 Å². The molecule has 0 saturated carbocycles. The standard InChI is InChI=1S/2C15H18P2.ClH.Ni/c2*1-3-8-14(9-4-1)16-12-7-13-17-15-10-5-2-6-11-15;;/h2*1-6,8-11,16-17H,7,12-13H2;1H;. The van der Waals surface area contributed by atoms with Gasteiger partial charge in [-0.25, -0.2) is 0 Å². The molecule has 0 heterocycles. The van der Waals surface area contributed by atoms with Crippen LogP contribution in [0.2, 0.25) is 0 Å². The third-order valence-electron chi connectivity index (χ3n) is 5.12. The molecule has 4 atom stereocenters. The van der Waals surface area contributed by atoms with E-state index in [-0.39, 0.29) is 28.9 Å². The molecule has 0 amide bonds. The maximum atomic E-state index is 2.23. The van der Waals surface area contributed by atoms with Crippen molar-refractivity contribution in [3.05, 3.63) is 121 Å². The number of benzene rings is 4. The van der Waals surface area contributed by atoms with Gasteiger partial charge in [0.15, 0.2) is 0 Å². The van der Waals surface area contributed by atoms with Crippen LogP contribution in [-0.2, 0) is 16.5 Å². The second kappa shape index (κ2) is 22.4. The molecule has 4 aromatic carbocycles. The van der Waals surface area contributed by atoms with Gasteiger partial charge in [-0.1, -0.05) is 156 Å². The first kappa shape index (κ1) is 33.4. The van der Waals surface area contributed by atoms with E-state index in [1.165, 1.54) is 58.7 Å². The fourth-order valence-electron chi connectivity index (χ4n) is 3.33. The molecule has 0 aliphatic carbocycles. The maximum absolute atomic E-state index is 2.23. The van der Waals surface area contributed by atoms with E-state index in [0.717, 1.165) is 34.3 Å². The fourth-order valence-corrected chi connectivity index (χ4v) is 8.32. The Morgan fingerprint density at radius 1 is 0.333 bits per heavy atom. The van der Waals surface area contributed by atoms with Gasteiger partial charge in [0.2, 0.25) is 0 Å². The van der Waals surface area contributed by atoms with Crippen molar-refractivity contribution in [1.29, 1.82) is 0 Å². The molecule has 0 fully saturated rings. The van der Waals surface area contributed by atoms with Crippen LogP contribution in [0.15, 0.2) is 121 Å². The zero-order valence-electron chi connectivity index (χ0n) is 20.5. The van der Waals surface area contributed by atoms with Crippen molar-refractivity contribution < 1.29 is 16.5 Å². The average Bonchev–Trinajstić information content (AvgIpc) is 2.91. The molecule has 6 heteroatoms. The summed E-state index contributed by atoms with van der Waals surface area (Å²) in [5.74, 6) is 0. The van der Waals surface area contributed by atoms with Gasteiger partial charge in [0.1, 0.15) is 0 Å². The zero-order valence-corrected chi connectivity index (χ0v) is 26.3. The molecular formula is C30H37ClNiP4. The van der Waals surface area contributed by atoms with Gasteiger partial charge in [-0.2, -0.15) is 0 Å². The van der Waals surface area contributed by atoms with Crippen molar-refractivity contribution in [2.75, 3.05) is 24.6 Å². The third-order valence-corrected chi connectivity index (χ3v) is 10.5. The average molecular weight is 616 g/mol. The number of hydrogen-bond donors (Lipinski definition) is 0. The summed E-state index contributed by atoms with van der Waals surface area (Å²) < 4.78 is 0. The largest absolute Gasteiger partial charge is 0.147 e. The van der Waals surface area contributed by atoms with Crippen molar-refractivity contribution in [1.82, 2.24) is 0 Å². The second-order valence-corrected chi connectivity index (χ2v) is 13.6. The van der Waals surface area contributed by atoms with Crippen molar-refractivity contribution >= 4 is 67.9 Å². The summed E-state index contributed by atoms with van der Waals surface area (Å²) in [5.41, 5.74) is 0. The Bertz CT molecular complexity index is 838. The molecule has 0 aromatic heterocycles. The molecular weight excluding hydrogens is 578 g/mol. The van der Waals surface area contributed by atoms with Gasteiger partial charge in [-0.3, -0.25) is 0 Å². The molecule has 4 unspecified atom stereocenters. The van der Waals surface area contributed by atoms with E-state index in [9.17, 15) is 0 Å². The Kier molecular flexibility index (Phi) is 20.8. The molecule has 0 N–H and O–H groups in total. The Morgan fingerprint density at radius 2 is 0.528 bits per heavy atom. The molecule has 0 spiro atoms. The maximum Gasteiger partial charge on any atom is 0 e. The first-order chi connectivity index (χ1) is 16.9. The fraction of sp³-hybridized carbons (Fsp3) is 0.200. The minimum absolute atomic E-state index is 0. The van der Waals surface area contributed by atoms with Crippen LogP contribution in [0.5, 0.6) is 0 Å². The molecule has 194 valence electrons. The van der Waals surface area contributed by atoms with E-state index in [4.69, 9.17) is 0 Å². The Balaban J connectivity index is 0.000000341. The monoisotopic (exact) mass is 614 g/mol. The topological polar surface area (TPSA) is 0 Å². The predicted octanol–water partition coefficient (Wildman–Crippen LogP) is 7.19. The Morgan fingerprint density at radius 3 is 0.722 bits per heavy atom. The van der Waals surface area contributed by atoms with E-state index < -0.39 is 0 Å². The SMILES string of the molecule is Cl.[Ni].c1ccc(PCCCPc2ccccc2)cc1.c1ccc(PCCCPc2ccccc2)cc1. The molecule has 0 aliphatic heterocycles. The summed E-state index contributed by atoms with van der Waals surface area (Å²) in [6.07, 6.45) is 8.04. The second-order valence-electron chi connectivity index (χ2n) is 7.88. The smallest absolute Gasteiger partial charge is 0 e. The van der Waals surface area contributed by atoms with E-state index in [1.54, 1.807) is 0 Å². The summed E-state index contributed by atoms with van der Waals surface area (Å²) in [7, 11) is 3.91. The van der Waals surface area contributed by atoms with Gasteiger partial charge >= 0.3 is 0 Å². The molecule has 0 bridgehead atoms. The summed E-state index contributed by atoms with van der Waals surface area (Å²) in [4.78, 5) is 0. The van der Waals surface area contributed by atoms with Crippen molar-refractivity contribution in [3.63, 3.8) is 0 Å². The van der Waals surface area contributed by atoms with Gasteiger partial charge in [-0.05, 0) is 58.7 Å². The molecule has 4 aromatic rings. The van der Waals surface area contributed by atoms with Crippen LogP contribution in [0, 0.1) is 0 Å². The number of hydrogen-bond acceptors (Lipinski definition) is 0. The minimum Gasteiger partial charge on any atom is -0.147 e. The van der Waals surface area contributed by atoms with Crippen LogP contribution in [0.1, 0.15) is 12.8 Å². The summed E-state index contributed by atoms with van der Waals surface area (Å²) in [6.45, 7) is 0. The van der Waals surface area contributed by atoms with Gasteiger partial charge in [0.05, 0.1) is 0 Å². The molecule has 36 heavy (non-hydrogen) atoms. The van der Waals surface area contributed by atoms with Crippen LogP contribution in [0.3, 0.4) is 0 Å². The van der Waals surface area contributed by atoms with Gasteiger partial charge < -0.3 is 0 Å². The van der Waals surface area contributed by atoms with Crippen molar-refractivity contribution in [3.8, 4) is 0 Å². The van der Waals surface area contributed by atoms with Gasteiger partial charge in [0.25, 0.3) is 0 Å². The third kappa shape index (κ3) is 15.6. The van der Waals surface area contributed by atoms with Crippen LogP contribution in [0.25, 0.3) is 0 Å². The van der Waals surface area contributed by atoms with Crippen LogP contribution >= 0.6 is 46.7 Å². The summed E-state index contributed by atoms with van der Waals surface area (Å²) in [6, 6.07) is 43.3. The summed E-state index contributed by atoms with van der Waals surface area (Å²) >= 11 is 0. The minimum atomic E-state index is 0. The van der Waals surface area contributed by atoms with Crippen LogP contribution in [-0.4, -0.2) is 24.6 Å². The van der Waals surface area contributed by atoms with Crippen LogP contribution < -0.4 is 21.2 Å². The van der Waals surface area contributed by atoms with Crippen LogP contribution in [0.4, 0.5) is 0 Å². The first-order valence-electron chi connectivity index (χ1n) is 12.1. The van der Waals surface area contributed by atoms with Gasteiger partial charge in [-0.15, -0.1) is 12.4 Å². The molecule has 4 rings (SSSR count). The van der Waals surface area contributed by atoms with E-state index >= 15 is 0 Å². The van der Waals surface area contributed by atoms with Crippen molar-refractivity contribution in [2.45, 2.75) is 12.8 Å². The number of halogens is 1. The van der Waals surface area contributed by atoms with Gasteiger partial charge in [0, 0.05) is 16.5 Å². The Labute approximate surface area is 242 Å². The molecule has 0 aliphatic rings. The van der Waals surface area contributed by atoms with E-state index in [2.05, 4.69) is 121 Å². The quantitative estimate of drug-likeness (QED) is 0.0900. The Hall–Kier alpha value is -0.616. The number of rotatable bonds is 12. The normalized spacial score (nSPS) is 11.1. The zero-order chi connectivity index (χ0) is 23.5. The first-order valence-corrected chi connectivity index (χ1v) is 16.9. The predicted molar refractivity (Wildman–Crippen MR) is 174 cm³/mol. The molecule has 0 nitrogen and oxygen atoms in total. The van der Waals surface area contributed by atoms with E-state index in [0.29, 0.717) is 0 Å². The molecule has 0 saturated heterocycles.